The molecule has 16 heavy (non-hydrogen) atoms. The summed E-state index contributed by atoms with van der Waals surface area (Å²) in [5.41, 5.74) is 0. The lowest BCUT2D eigenvalue weighted by molar-refractivity contribution is 0.145. The predicted octanol–water partition coefficient (Wildman–Crippen LogP) is 2.00. The molecule has 0 aromatic rings. The lowest BCUT2D eigenvalue weighted by Gasteiger charge is -2.39. The van der Waals surface area contributed by atoms with Gasteiger partial charge >= 0.3 is 0 Å². The van der Waals surface area contributed by atoms with Crippen molar-refractivity contribution >= 4 is 12.2 Å². The SMILES string of the molecule is O=C=NC1CCC2CC(N=C=O)CCC2C1. The number of aliphatic imine (C=N–C) groups is 2. The first-order chi connectivity index (χ1) is 7.83. The quantitative estimate of drug-likeness (QED) is 0.528. The van der Waals surface area contributed by atoms with E-state index >= 15 is 0 Å². The molecule has 86 valence electrons. The highest BCUT2D eigenvalue weighted by atomic mass is 16.1. The Hall–Kier alpha value is -1.24. The van der Waals surface area contributed by atoms with Crippen LogP contribution in [0.2, 0.25) is 0 Å². The maximum Gasteiger partial charge on any atom is 0.235 e. The minimum Gasteiger partial charge on any atom is -0.211 e. The van der Waals surface area contributed by atoms with Crippen LogP contribution in [-0.2, 0) is 9.59 Å². The fraction of sp³-hybridized carbons (Fsp3) is 0.833. The fourth-order valence-electron chi connectivity index (χ4n) is 3.22. The van der Waals surface area contributed by atoms with Gasteiger partial charge in [-0.05, 0) is 50.4 Å². The van der Waals surface area contributed by atoms with Crippen LogP contribution in [0.4, 0.5) is 0 Å². The first-order valence-corrected chi connectivity index (χ1v) is 5.97. The highest BCUT2D eigenvalue weighted by molar-refractivity contribution is 5.34. The molecule has 0 aromatic heterocycles. The van der Waals surface area contributed by atoms with Gasteiger partial charge in [-0.15, -0.1) is 0 Å². The molecule has 2 aliphatic rings. The zero-order valence-electron chi connectivity index (χ0n) is 9.26. The highest BCUT2D eigenvalue weighted by Crippen LogP contribution is 2.42. The van der Waals surface area contributed by atoms with Gasteiger partial charge in [0.25, 0.3) is 0 Å². The van der Waals surface area contributed by atoms with E-state index in [-0.39, 0.29) is 12.1 Å². The molecule has 0 amide bonds. The minimum atomic E-state index is 0.185. The smallest absolute Gasteiger partial charge is 0.211 e. The van der Waals surface area contributed by atoms with Crippen LogP contribution in [0.3, 0.4) is 0 Å². The molecule has 0 heterocycles. The largest absolute Gasteiger partial charge is 0.235 e. The van der Waals surface area contributed by atoms with Crippen molar-refractivity contribution in [1.29, 1.82) is 0 Å². The van der Waals surface area contributed by atoms with Gasteiger partial charge in [-0.2, -0.15) is 0 Å². The van der Waals surface area contributed by atoms with E-state index in [4.69, 9.17) is 0 Å². The molecule has 4 heteroatoms. The van der Waals surface area contributed by atoms with Crippen molar-refractivity contribution in [3.05, 3.63) is 0 Å². The number of hydrogen-bond acceptors (Lipinski definition) is 4. The molecule has 0 spiro atoms. The van der Waals surface area contributed by atoms with E-state index in [1.807, 2.05) is 0 Å². The van der Waals surface area contributed by atoms with Crippen molar-refractivity contribution in [2.24, 2.45) is 21.8 Å². The van der Waals surface area contributed by atoms with E-state index in [1.165, 1.54) is 0 Å². The van der Waals surface area contributed by atoms with E-state index < -0.39 is 0 Å². The fourth-order valence-corrected chi connectivity index (χ4v) is 3.22. The van der Waals surface area contributed by atoms with Crippen LogP contribution in [0.1, 0.15) is 38.5 Å². The molecule has 0 bridgehead atoms. The summed E-state index contributed by atoms with van der Waals surface area (Å²) in [6, 6.07) is 0.370. The summed E-state index contributed by atoms with van der Waals surface area (Å²) in [5.74, 6) is 1.32. The number of carbonyl (C=O) groups excluding carboxylic acids is 2. The first kappa shape index (κ1) is 11.3. The van der Waals surface area contributed by atoms with Crippen LogP contribution in [0.25, 0.3) is 0 Å². The second-order valence-corrected chi connectivity index (χ2v) is 4.89. The zero-order chi connectivity index (χ0) is 11.4. The van der Waals surface area contributed by atoms with Crippen molar-refractivity contribution in [2.45, 2.75) is 50.6 Å². The summed E-state index contributed by atoms with van der Waals surface area (Å²) in [5, 5.41) is 0. The third-order valence-electron chi connectivity index (χ3n) is 4.03. The van der Waals surface area contributed by atoms with Gasteiger partial charge in [0.2, 0.25) is 12.2 Å². The van der Waals surface area contributed by atoms with E-state index in [1.54, 1.807) is 12.2 Å². The lowest BCUT2D eigenvalue weighted by Crippen LogP contribution is -2.33. The standard InChI is InChI=1S/C12H16N2O2/c15-7-13-11-3-1-9-5-12(14-8-16)4-2-10(9)6-11/h9-12H,1-6H2. The maximum atomic E-state index is 10.2. The molecule has 0 saturated heterocycles. The summed E-state index contributed by atoms with van der Waals surface area (Å²) < 4.78 is 0. The number of fused-ring (bicyclic) bond motifs is 1. The third-order valence-corrected chi connectivity index (χ3v) is 4.03. The Morgan fingerprint density at radius 3 is 1.56 bits per heavy atom. The monoisotopic (exact) mass is 220 g/mol. The van der Waals surface area contributed by atoms with E-state index in [2.05, 4.69) is 9.98 Å². The Morgan fingerprint density at radius 1 is 0.750 bits per heavy atom. The Kier molecular flexibility index (Phi) is 3.66. The second kappa shape index (κ2) is 5.20. The summed E-state index contributed by atoms with van der Waals surface area (Å²) in [7, 11) is 0. The molecule has 2 saturated carbocycles. The lowest BCUT2D eigenvalue weighted by atomic mass is 9.68. The van der Waals surface area contributed by atoms with E-state index in [0.29, 0.717) is 11.8 Å². The summed E-state index contributed by atoms with van der Waals surface area (Å²) in [4.78, 5) is 28.1. The maximum absolute atomic E-state index is 10.2. The summed E-state index contributed by atoms with van der Waals surface area (Å²) >= 11 is 0. The third kappa shape index (κ3) is 2.46. The van der Waals surface area contributed by atoms with Gasteiger partial charge in [-0.25, -0.2) is 19.6 Å². The molecule has 2 rings (SSSR count). The first-order valence-electron chi connectivity index (χ1n) is 5.97. The van der Waals surface area contributed by atoms with Crippen LogP contribution in [-0.4, -0.2) is 24.2 Å². The van der Waals surface area contributed by atoms with Crippen LogP contribution in [0.15, 0.2) is 9.98 Å². The minimum absolute atomic E-state index is 0.185. The molecule has 4 nitrogen and oxygen atoms in total. The Bertz CT molecular complexity index is 309. The molecular weight excluding hydrogens is 204 g/mol. The van der Waals surface area contributed by atoms with Crippen molar-refractivity contribution in [3.63, 3.8) is 0 Å². The zero-order valence-corrected chi connectivity index (χ0v) is 9.26. The topological polar surface area (TPSA) is 58.9 Å². The molecule has 0 N–H and O–H groups in total. The summed E-state index contributed by atoms with van der Waals surface area (Å²) in [6.45, 7) is 0. The van der Waals surface area contributed by atoms with E-state index in [0.717, 1.165) is 38.5 Å². The van der Waals surface area contributed by atoms with Crippen LogP contribution in [0.5, 0.6) is 0 Å². The summed E-state index contributed by atoms with van der Waals surface area (Å²) in [6.07, 6.45) is 9.52. The Balaban J connectivity index is 1.94. The van der Waals surface area contributed by atoms with Gasteiger partial charge in [0.15, 0.2) is 0 Å². The highest BCUT2D eigenvalue weighted by Gasteiger charge is 2.35. The molecule has 0 aromatic carbocycles. The van der Waals surface area contributed by atoms with Gasteiger partial charge in [-0.1, -0.05) is 0 Å². The van der Waals surface area contributed by atoms with Gasteiger partial charge in [0.05, 0.1) is 12.1 Å². The molecule has 4 unspecified atom stereocenters. The van der Waals surface area contributed by atoms with Crippen LogP contribution < -0.4 is 0 Å². The molecule has 0 aliphatic heterocycles. The van der Waals surface area contributed by atoms with Gasteiger partial charge in [-0.3, -0.25) is 0 Å². The molecule has 2 aliphatic carbocycles. The Labute approximate surface area is 94.9 Å². The van der Waals surface area contributed by atoms with Crippen molar-refractivity contribution < 1.29 is 9.59 Å². The van der Waals surface area contributed by atoms with E-state index in [9.17, 15) is 9.59 Å². The van der Waals surface area contributed by atoms with Gasteiger partial charge in [0.1, 0.15) is 0 Å². The van der Waals surface area contributed by atoms with Crippen molar-refractivity contribution in [1.82, 2.24) is 0 Å². The molecule has 4 atom stereocenters. The second-order valence-electron chi connectivity index (χ2n) is 4.89. The number of rotatable bonds is 2. The van der Waals surface area contributed by atoms with Gasteiger partial charge in [0, 0.05) is 0 Å². The molecule has 0 radical (unpaired) electrons. The number of isocyanates is 2. The predicted molar refractivity (Wildman–Crippen MR) is 58.5 cm³/mol. The van der Waals surface area contributed by atoms with Crippen LogP contribution in [0, 0.1) is 11.8 Å². The van der Waals surface area contributed by atoms with Crippen LogP contribution >= 0.6 is 0 Å². The normalized spacial score (nSPS) is 37.8. The number of hydrogen-bond donors (Lipinski definition) is 0. The van der Waals surface area contributed by atoms with Crippen molar-refractivity contribution in [2.75, 3.05) is 0 Å². The van der Waals surface area contributed by atoms with Gasteiger partial charge < -0.3 is 0 Å². The Morgan fingerprint density at radius 2 is 1.19 bits per heavy atom. The number of nitrogens with zero attached hydrogens (tertiary/aromatic N) is 2. The molecule has 2 fully saturated rings. The molecular formula is C12H16N2O2. The van der Waals surface area contributed by atoms with Crippen molar-refractivity contribution in [3.8, 4) is 0 Å². The average Bonchev–Trinajstić information content (AvgIpc) is 2.30. The average molecular weight is 220 g/mol.